The van der Waals surface area contributed by atoms with Crippen molar-refractivity contribution in [2.24, 2.45) is 0 Å². The van der Waals surface area contributed by atoms with Crippen LogP contribution in [-0.4, -0.2) is 48.4 Å². The molecule has 0 fully saturated rings. The van der Waals surface area contributed by atoms with Crippen LogP contribution in [0.15, 0.2) is 84.9 Å². The third-order valence-corrected chi connectivity index (χ3v) is 5.16. The summed E-state index contributed by atoms with van der Waals surface area (Å²) >= 11 is 0. The minimum atomic E-state index is -1.18. The zero-order valence-electron chi connectivity index (χ0n) is 19.6. The average Bonchev–Trinajstić information content (AvgIpc) is 3.37. The lowest BCUT2D eigenvalue weighted by molar-refractivity contribution is -0.131. The summed E-state index contributed by atoms with van der Waals surface area (Å²) in [4.78, 5) is 24.2. The topological polar surface area (TPSA) is 133 Å². The van der Waals surface area contributed by atoms with E-state index < -0.39 is 24.3 Å². The largest absolute Gasteiger partial charge is 0.491 e. The molecule has 37 heavy (non-hydrogen) atoms. The minimum absolute atomic E-state index is 0.0950. The van der Waals surface area contributed by atoms with Gasteiger partial charge in [-0.15, -0.1) is 0 Å². The van der Waals surface area contributed by atoms with E-state index in [1.165, 1.54) is 6.08 Å². The van der Waals surface area contributed by atoms with Crippen molar-refractivity contribution in [2.45, 2.75) is 12.2 Å². The molecule has 1 amide bonds. The molecule has 0 spiro atoms. The van der Waals surface area contributed by atoms with Crippen LogP contribution in [0.2, 0.25) is 0 Å². The summed E-state index contributed by atoms with van der Waals surface area (Å²) in [6.45, 7) is 0.0799. The van der Waals surface area contributed by atoms with Crippen LogP contribution in [0.25, 0.3) is 0 Å². The molecule has 2 atom stereocenters. The van der Waals surface area contributed by atoms with Crippen LogP contribution >= 0.6 is 0 Å². The SMILES string of the molecule is O=C(O)/C=C/[C@H](Oc1ccccc1)[C@@H](OC(=O)Nc1ccc2c(c1)OCO2)c1ccc(OCCO)cc1. The zero-order valence-corrected chi connectivity index (χ0v) is 19.6. The van der Waals surface area contributed by atoms with Crippen molar-refractivity contribution in [3.05, 3.63) is 90.5 Å². The first-order valence-corrected chi connectivity index (χ1v) is 11.4. The third kappa shape index (κ3) is 7.15. The molecule has 0 bridgehead atoms. The highest BCUT2D eigenvalue weighted by molar-refractivity contribution is 5.85. The summed E-state index contributed by atoms with van der Waals surface area (Å²) in [5.41, 5.74) is 0.940. The Kier molecular flexibility index (Phi) is 8.45. The number of benzene rings is 3. The van der Waals surface area contributed by atoms with Crippen LogP contribution in [0.1, 0.15) is 11.7 Å². The summed E-state index contributed by atoms with van der Waals surface area (Å²) in [5, 5.41) is 20.9. The van der Waals surface area contributed by atoms with Gasteiger partial charge < -0.3 is 33.9 Å². The van der Waals surface area contributed by atoms with Crippen LogP contribution < -0.4 is 24.3 Å². The van der Waals surface area contributed by atoms with Gasteiger partial charge in [-0.3, -0.25) is 5.32 Å². The number of rotatable bonds is 11. The Balaban J connectivity index is 1.60. The van der Waals surface area contributed by atoms with Crippen LogP contribution in [0, 0.1) is 0 Å². The van der Waals surface area contributed by atoms with Crippen LogP contribution in [0.5, 0.6) is 23.0 Å². The Morgan fingerprint density at radius 2 is 1.73 bits per heavy atom. The highest BCUT2D eigenvalue weighted by Crippen LogP contribution is 2.35. The molecule has 10 nitrogen and oxygen atoms in total. The number of nitrogens with one attached hydrogen (secondary N) is 1. The number of carboxylic acids is 1. The number of aliphatic hydroxyl groups is 1. The lowest BCUT2D eigenvalue weighted by Crippen LogP contribution is -2.29. The van der Waals surface area contributed by atoms with Crippen LogP contribution in [0.4, 0.5) is 10.5 Å². The van der Waals surface area contributed by atoms with E-state index in [-0.39, 0.29) is 20.0 Å². The summed E-state index contributed by atoms with van der Waals surface area (Å²) in [6, 6.07) is 20.3. The Labute approximate surface area is 212 Å². The number of ether oxygens (including phenoxy) is 5. The second-order valence-electron chi connectivity index (χ2n) is 7.75. The maximum absolute atomic E-state index is 12.9. The lowest BCUT2D eigenvalue weighted by atomic mass is 10.0. The first kappa shape index (κ1) is 25.4. The first-order valence-electron chi connectivity index (χ1n) is 11.4. The Morgan fingerprint density at radius 1 is 0.973 bits per heavy atom. The Hall–Kier alpha value is -4.70. The smallest absolute Gasteiger partial charge is 0.412 e. The molecule has 1 aliphatic rings. The van der Waals surface area contributed by atoms with Gasteiger partial charge in [-0.1, -0.05) is 30.3 Å². The van der Waals surface area contributed by atoms with Crippen molar-refractivity contribution in [3.63, 3.8) is 0 Å². The van der Waals surface area contributed by atoms with Crippen LogP contribution in [0.3, 0.4) is 0 Å². The fourth-order valence-corrected chi connectivity index (χ4v) is 3.51. The van der Waals surface area contributed by atoms with Gasteiger partial charge in [0, 0.05) is 17.8 Å². The number of carboxylic acid groups (broad SMARTS) is 1. The van der Waals surface area contributed by atoms with E-state index in [4.69, 9.17) is 28.8 Å². The van der Waals surface area contributed by atoms with Gasteiger partial charge in [0.1, 0.15) is 18.1 Å². The summed E-state index contributed by atoms with van der Waals surface area (Å²) in [5.74, 6) is 0.828. The fraction of sp³-hybridized carbons (Fsp3) is 0.185. The molecule has 0 unspecified atom stereocenters. The molecule has 10 heteroatoms. The minimum Gasteiger partial charge on any atom is -0.491 e. The first-order chi connectivity index (χ1) is 18.0. The van der Waals surface area contributed by atoms with Crippen molar-refractivity contribution >= 4 is 17.7 Å². The fourth-order valence-electron chi connectivity index (χ4n) is 3.51. The van der Waals surface area contributed by atoms with Crippen molar-refractivity contribution in [1.82, 2.24) is 0 Å². The molecule has 0 saturated carbocycles. The second kappa shape index (κ2) is 12.3. The molecule has 1 aliphatic heterocycles. The van der Waals surface area contributed by atoms with Crippen molar-refractivity contribution in [1.29, 1.82) is 0 Å². The molecule has 192 valence electrons. The number of aliphatic carboxylic acids is 1. The van der Waals surface area contributed by atoms with E-state index >= 15 is 0 Å². The highest BCUT2D eigenvalue weighted by atomic mass is 16.7. The highest BCUT2D eigenvalue weighted by Gasteiger charge is 2.28. The van der Waals surface area contributed by atoms with Gasteiger partial charge in [0.2, 0.25) is 6.79 Å². The maximum Gasteiger partial charge on any atom is 0.412 e. The number of fused-ring (bicyclic) bond motifs is 1. The molecule has 1 heterocycles. The maximum atomic E-state index is 12.9. The van der Waals surface area contributed by atoms with Gasteiger partial charge in [0.05, 0.1) is 6.61 Å². The summed E-state index contributed by atoms with van der Waals surface area (Å²) in [6.07, 6.45) is -0.598. The van der Waals surface area contributed by atoms with Gasteiger partial charge >= 0.3 is 12.1 Å². The molecule has 3 aromatic rings. The normalized spacial score (nSPS) is 13.5. The number of carbonyl (C=O) groups is 2. The van der Waals surface area contributed by atoms with Gasteiger partial charge in [0.15, 0.2) is 23.7 Å². The lowest BCUT2D eigenvalue weighted by Gasteiger charge is -2.26. The average molecular weight is 507 g/mol. The molecule has 3 N–H and O–H groups in total. The number of aliphatic hydroxyl groups excluding tert-OH is 1. The molecule has 0 aromatic heterocycles. The molecular weight excluding hydrogens is 482 g/mol. The summed E-state index contributed by atoms with van der Waals surface area (Å²) < 4.78 is 27.8. The third-order valence-electron chi connectivity index (χ3n) is 5.16. The van der Waals surface area contributed by atoms with E-state index in [2.05, 4.69) is 5.32 Å². The second-order valence-corrected chi connectivity index (χ2v) is 7.75. The Morgan fingerprint density at radius 3 is 2.46 bits per heavy atom. The van der Waals surface area contributed by atoms with Crippen LogP contribution in [-0.2, 0) is 9.53 Å². The van der Waals surface area contributed by atoms with E-state index in [0.717, 1.165) is 6.08 Å². The number of hydrogen-bond acceptors (Lipinski definition) is 8. The molecule has 3 aromatic carbocycles. The van der Waals surface area contributed by atoms with Gasteiger partial charge in [0.25, 0.3) is 0 Å². The number of para-hydroxylation sites is 1. The van der Waals surface area contributed by atoms with E-state index in [9.17, 15) is 14.7 Å². The van der Waals surface area contributed by atoms with Crippen molar-refractivity contribution < 1.29 is 43.5 Å². The van der Waals surface area contributed by atoms with Gasteiger partial charge in [-0.05, 0) is 48.0 Å². The molecular formula is C27H25NO9. The van der Waals surface area contributed by atoms with E-state index in [0.29, 0.717) is 34.2 Å². The number of anilines is 1. The molecule has 0 saturated heterocycles. The number of carbonyl (C=O) groups excluding carboxylic acids is 1. The number of amides is 1. The Bertz CT molecular complexity index is 1230. The van der Waals surface area contributed by atoms with Crippen molar-refractivity contribution in [3.8, 4) is 23.0 Å². The predicted molar refractivity (Wildman–Crippen MR) is 132 cm³/mol. The van der Waals surface area contributed by atoms with Crippen molar-refractivity contribution in [2.75, 3.05) is 25.3 Å². The summed E-state index contributed by atoms with van der Waals surface area (Å²) in [7, 11) is 0. The van der Waals surface area contributed by atoms with E-state index in [1.54, 1.807) is 66.7 Å². The molecule has 4 rings (SSSR count). The van der Waals surface area contributed by atoms with Gasteiger partial charge in [-0.25, -0.2) is 9.59 Å². The monoisotopic (exact) mass is 507 g/mol. The molecule has 0 aliphatic carbocycles. The number of hydrogen-bond donors (Lipinski definition) is 3. The standard InChI is InChI=1S/C27H25NO9/c29-14-15-33-20-9-6-18(7-10-20)26(23(12-13-25(30)31)36-21-4-2-1-3-5-21)37-27(32)28-19-8-11-22-24(16-19)35-17-34-22/h1-13,16,23,26,29H,14-15,17H2,(H,28,32)(H,30,31)/b13-12+/t23-,26-/m0/s1. The van der Waals surface area contributed by atoms with Gasteiger partial charge in [-0.2, -0.15) is 0 Å². The zero-order chi connectivity index (χ0) is 26.0. The molecule has 0 radical (unpaired) electrons. The quantitative estimate of drug-likeness (QED) is 0.327. The van der Waals surface area contributed by atoms with E-state index in [1.807, 2.05) is 6.07 Å². The predicted octanol–water partition coefficient (Wildman–Crippen LogP) is 4.16.